The van der Waals surface area contributed by atoms with Crippen LogP contribution >= 0.6 is 15.9 Å². The average molecular weight is 303 g/mol. The number of hydrogen-bond donors (Lipinski definition) is 0. The molecule has 0 aliphatic carbocycles. The highest BCUT2D eigenvalue weighted by molar-refractivity contribution is 9.10. The van der Waals surface area contributed by atoms with E-state index in [1.54, 1.807) is 42.3 Å². The number of rotatable bonds is 3. The van der Waals surface area contributed by atoms with Gasteiger partial charge in [-0.05, 0) is 22.0 Å². The highest BCUT2D eigenvalue weighted by Gasteiger charge is 2.15. The Labute approximate surface area is 105 Å². The van der Waals surface area contributed by atoms with Crippen LogP contribution in [0.4, 0.5) is 8.78 Å². The second-order valence-corrected chi connectivity index (χ2v) is 4.25. The Morgan fingerprint density at radius 2 is 2.18 bits per heavy atom. The van der Waals surface area contributed by atoms with Gasteiger partial charge in [-0.3, -0.25) is 4.68 Å². The van der Waals surface area contributed by atoms with Crippen LogP contribution in [0, 0.1) is 0 Å². The third-order valence-electron chi connectivity index (χ3n) is 2.19. The summed E-state index contributed by atoms with van der Waals surface area (Å²) in [4.78, 5) is 0. The van der Waals surface area contributed by atoms with Crippen LogP contribution in [0.3, 0.4) is 0 Å². The number of para-hydroxylation sites is 1. The standard InChI is InChI=1S/C11H9BrF2N2O/c1-16-6-7(5-15-16)8-3-2-4-9(12)10(8)17-11(13)14/h2-6,11H,1H3. The molecule has 90 valence electrons. The molecule has 0 aliphatic rings. The van der Waals surface area contributed by atoms with Crippen LogP contribution in [-0.4, -0.2) is 16.4 Å². The van der Waals surface area contributed by atoms with Crippen LogP contribution in [0.2, 0.25) is 0 Å². The number of hydrogen-bond acceptors (Lipinski definition) is 2. The smallest absolute Gasteiger partial charge is 0.387 e. The number of alkyl halides is 2. The molecule has 2 rings (SSSR count). The van der Waals surface area contributed by atoms with Crippen molar-refractivity contribution in [3.8, 4) is 16.9 Å². The van der Waals surface area contributed by atoms with Gasteiger partial charge in [0.1, 0.15) is 5.75 Å². The van der Waals surface area contributed by atoms with Crippen molar-refractivity contribution >= 4 is 15.9 Å². The Hall–Kier alpha value is -1.43. The lowest BCUT2D eigenvalue weighted by Gasteiger charge is -2.11. The van der Waals surface area contributed by atoms with Gasteiger partial charge in [-0.15, -0.1) is 0 Å². The molecule has 0 fully saturated rings. The van der Waals surface area contributed by atoms with E-state index >= 15 is 0 Å². The van der Waals surface area contributed by atoms with E-state index in [4.69, 9.17) is 0 Å². The molecule has 0 atom stereocenters. The maximum Gasteiger partial charge on any atom is 0.387 e. The van der Waals surface area contributed by atoms with Crippen LogP contribution in [0.25, 0.3) is 11.1 Å². The monoisotopic (exact) mass is 302 g/mol. The molecule has 0 radical (unpaired) electrons. The average Bonchev–Trinajstić information content (AvgIpc) is 2.67. The zero-order valence-electron chi connectivity index (χ0n) is 8.90. The quantitative estimate of drug-likeness (QED) is 0.868. The Bertz CT molecular complexity index is 528. The fourth-order valence-corrected chi connectivity index (χ4v) is 1.96. The molecule has 0 N–H and O–H groups in total. The largest absolute Gasteiger partial charge is 0.433 e. The summed E-state index contributed by atoms with van der Waals surface area (Å²) in [7, 11) is 1.76. The molecule has 0 bridgehead atoms. The van der Waals surface area contributed by atoms with Crippen molar-refractivity contribution in [2.24, 2.45) is 7.05 Å². The number of nitrogens with zero attached hydrogens (tertiary/aromatic N) is 2. The van der Waals surface area contributed by atoms with E-state index in [2.05, 4.69) is 25.8 Å². The molecule has 0 spiro atoms. The third kappa shape index (κ3) is 2.63. The molecule has 1 aromatic heterocycles. The van der Waals surface area contributed by atoms with E-state index in [0.717, 1.165) is 5.56 Å². The van der Waals surface area contributed by atoms with Crippen LogP contribution < -0.4 is 4.74 Å². The predicted octanol–water partition coefficient (Wildman–Crippen LogP) is 3.45. The lowest BCUT2D eigenvalue weighted by atomic mass is 10.1. The topological polar surface area (TPSA) is 27.1 Å². The number of ether oxygens (including phenoxy) is 1. The summed E-state index contributed by atoms with van der Waals surface area (Å²) in [5, 5.41) is 4.00. The van der Waals surface area contributed by atoms with Gasteiger partial charge < -0.3 is 4.74 Å². The van der Waals surface area contributed by atoms with Crippen molar-refractivity contribution in [2.75, 3.05) is 0 Å². The van der Waals surface area contributed by atoms with E-state index in [1.807, 2.05) is 0 Å². The summed E-state index contributed by atoms with van der Waals surface area (Å²) < 4.78 is 31.3. The van der Waals surface area contributed by atoms with Crippen molar-refractivity contribution in [3.05, 3.63) is 35.1 Å². The first-order chi connectivity index (χ1) is 8.08. The van der Waals surface area contributed by atoms with E-state index in [9.17, 15) is 8.78 Å². The fraction of sp³-hybridized carbons (Fsp3) is 0.182. The van der Waals surface area contributed by atoms with Gasteiger partial charge in [0, 0.05) is 24.4 Å². The van der Waals surface area contributed by atoms with Crippen molar-refractivity contribution < 1.29 is 13.5 Å². The van der Waals surface area contributed by atoms with E-state index in [0.29, 0.717) is 10.0 Å². The van der Waals surface area contributed by atoms with Gasteiger partial charge in [0.15, 0.2) is 0 Å². The zero-order chi connectivity index (χ0) is 12.4. The molecule has 1 aromatic carbocycles. The first-order valence-electron chi connectivity index (χ1n) is 4.80. The summed E-state index contributed by atoms with van der Waals surface area (Å²) in [5.41, 5.74) is 1.30. The second kappa shape index (κ2) is 4.83. The summed E-state index contributed by atoms with van der Waals surface area (Å²) in [5.74, 6) is 0.121. The van der Waals surface area contributed by atoms with Gasteiger partial charge >= 0.3 is 6.61 Å². The Morgan fingerprint density at radius 3 is 2.76 bits per heavy atom. The molecule has 0 amide bonds. The van der Waals surface area contributed by atoms with Crippen LogP contribution in [-0.2, 0) is 7.05 Å². The molecule has 6 heteroatoms. The van der Waals surface area contributed by atoms with Crippen molar-refractivity contribution in [2.45, 2.75) is 6.61 Å². The van der Waals surface area contributed by atoms with Crippen LogP contribution in [0.15, 0.2) is 35.1 Å². The van der Waals surface area contributed by atoms with E-state index < -0.39 is 6.61 Å². The minimum absolute atomic E-state index is 0.121. The molecule has 17 heavy (non-hydrogen) atoms. The minimum Gasteiger partial charge on any atom is -0.433 e. The van der Waals surface area contributed by atoms with Crippen molar-refractivity contribution in [1.29, 1.82) is 0 Å². The fourth-order valence-electron chi connectivity index (χ4n) is 1.51. The highest BCUT2D eigenvalue weighted by Crippen LogP contribution is 2.37. The van der Waals surface area contributed by atoms with Gasteiger partial charge in [0.05, 0.1) is 10.7 Å². The van der Waals surface area contributed by atoms with Crippen LogP contribution in [0.1, 0.15) is 0 Å². The lowest BCUT2D eigenvalue weighted by Crippen LogP contribution is -2.03. The van der Waals surface area contributed by atoms with E-state index in [-0.39, 0.29) is 5.75 Å². The summed E-state index contributed by atoms with van der Waals surface area (Å²) in [6, 6.07) is 5.11. The number of aryl methyl sites for hydroxylation is 1. The molecular weight excluding hydrogens is 294 g/mol. The molecule has 0 unspecified atom stereocenters. The number of halogens is 3. The molecular formula is C11H9BrF2N2O. The summed E-state index contributed by atoms with van der Waals surface area (Å²) in [6.45, 7) is -2.86. The van der Waals surface area contributed by atoms with Gasteiger partial charge in [-0.25, -0.2) is 0 Å². The normalized spacial score (nSPS) is 10.9. The first kappa shape index (κ1) is 12.0. The van der Waals surface area contributed by atoms with Gasteiger partial charge in [0.25, 0.3) is 0 Å². The number of benzene rings is 1. The highest BCUT2D eigenvalue weighted by atomic mass is 79.9. The third-order valence-corrected chi connectivity index (χ3v) is 2.81. The molecule has 0 saturated carbocycles. The summed E-state index contributed by atoms with van der Waals surface area (Å²) in [6.07, 6.45) is 3.33. The lowest BCUT2D eigenvalue weighted by molar-refractivity contribution is -0.0499. The Kier molecular flexibility index (Phi) is 3.42. The maximum absolute atomic E-state index is 12.3. The molecule has 0 saturated heterocycles. The molecule has 2 aromatic rings. The molecule has 1 heterocycles. The van der Waals surface area contributed by atoms with Gasteiger partial charge in [-0.2, -0.15) is 13.9 Å². The number of aromatic nitrogens is 2. The van der Waals surface area contributed by atoms with Crippen LogP contribution in [0.5, 0.6) is 5.75 Å². The minimum atomic E-state index is -2.86. The van der Waals surface area contributed by atoms with Gasteiger partial charge in [0.2, 0.25) is 0 Å². The Balaban J connectivity index is 2.49. The second-order valence-electron chi connectivity index (χ2n) is 3.40. The predicted molar refractivity (Wildman–Crippen MR) is 63.0 cm³/mol. The molecule has 3 nitrogen and oxygen atoms in total. The SMILES string of the molecule is Cn1cc(-c2cccc(Br)c2OC(F)F)cn1. The zero-order valence-corrected chi connectivity index (χ0v) is 10.5. The van der Waals surface area contributed by atoms with Crippen molar-refractivity contribution in [1.82, 2.24) is 9.78 Å². The maximum atomic E-state index is 12.3. The molecule has 0 aliphatic heterocycles. The van der Waals surface area contributed by atoms with Crippen molar-refractivity contribution in [3.63, 3.8) is 0 Å². The summed E-state index contributed by atoms with van der Waals surface area (Å²) >= 11 is 3.19. The Morgan fingerprint density at radius 1 is 1.41 bits per heavy atom. The first-order valence-corrected chi connectivity index (χ1v) is 5.59. The van der Waals surface area contributed by atoms with E-state index in [1.165, 1.54) is 0 Å². The van der Waals surface area contributed by atoms with Gasteiger partial charge in [-0.1, -0.05) is 12.1 Å².